The number of nitrogens with zero attached hydrogens (tertiary/aromatic N) is 2. The van der Waals surface area contributed by atoms with Crippen LogP contribution in [0.1, 0.15) is 17.5 Å². The quantitative estimate of drug-likeness (QED) is 0.880. The van der Waals surface area contributed by atoms with Crippen molar-refractivity contribution < 1.29 is 4.79 Å². The van der Waals surface area contributed by atoms with Gasteiger partial charge >= 0.3 is 0 Å². The Morgan fingerprint density at radius 2 is 1.91 bits per heavy atom. The van der Waals surface area contributed by atoms with Crippen LogP contribution in [0.5, 0.6) is 0 Å². The smallest absolute Gasteiger partial charge is 0.225 e. The fraction of sp³-hybridized carbons (Fsp3) is 0.222. The molecule has 2 aromatic carbocycles. The first kappa shape index (κ1) is 17.0. The van der Waals surface area contributed by atoms with Gasteiger partial charge in [-0.3, -0.25) is 4.79 Å². The third kappa shape index (κ3) is 5.10. The molecule has 23 heavy (non-hydrogen) atoms. The summed E-state index contributed by atoms with van der Waals surface area (Å²) >= 11 is 6.14. The Hall–Kier alpha value is -2.35. The lowest BCUT2D eigenvalue weighted by molar-refractivity contribution is -0.116. The van der Waals surface area contributed by atoms with Crippen molar-refractivity contribution >= 4 is 23.2 Å². The summed E-state index contributed by atoms with van der Waals surface area (Å²) in [5.41, 5.74) is 2.05. The molecule has 118 valence electrons. The van der Waals surface area contributed by atoms with Gasteiger partial charge in [0.2, 0.25) is 5.91 Å². The van der Waals surface area contributed by atoms with Crippen LogP contribution in [0, 0.1) is 11.3 Å². The van der Waals surface area contributed by atoms with E-state index in [-0.39, 0.29) is 5.91 Å². The Morgan fingerprint density at radius 3 is 2.65 bits per heavy atom. The number of benzene rings is 2. The van der Waals surface area contributed by atoms with Crippen LogP contribution in [0.3, 0.4) is 0 Å². The fourth-order valence-electron chi connectivity index (χ4n) is 2.19. The van der Waals surface area contributed by atoms with Gasteiger partial charge in [-0.05, 0) is 30.8 Å². The maximum atomic E-state index is 12.0. The molecule has 0 spiro atoms. The molecule has 0 bridgehead atoms. The number of halogens is 1. The number of carbonyl (C=O) groups excluding carboxylic acids is 1. The van der Waals surface area contributed by atoms with Gasteiger partial charge in [0, 0.05) is 24.5 Å². The number of anilines is 1. The SMILES string of the molecule is CN(CCC(=O)Nc1ccccc1C#N)Cc1ccccc1Cl. The second-order valence-electron chi connectivity index (χ2n) is 5.28. The molecular weight excluding hydrogens is 310 g/mol. The molecule has 1 amide bonds. The summed E-state index contributed by atoms with van der Waals surface area (Å²) in [5, 5.41) is 12.5. The first-order valence-corrected chi connectivity index (χ1v) is 7.69. The van der Waals surface area contributed by atoms with Crippen LogP contribution in [-0.4, -0.2) is 24.4 Å². The van der Waals surface area contributed by atoms with Crippen molar-refractivity contribution in [1.29, 1.82) is 5.26 Å². The number of nitrogens with one attached hydrogen (secondary N) is 1. The van der Waals surface area contributed by atoms with E-state index in [2.05, 4.69) is 11.4 Å². The lowest BCUT2D eigenvalue weighted by Gasteiger charge is -2.17. The van der Waals surface area contributed by atoms with Crippen molar-refractivity contribution in [1.82, 2.24) is 4.90 Å². The number of hydrogen-bond acceptors (Lipinski definition) is 3. The van der Waals surface area contributed by atoms with Gasteiger partial charge in [0.05, 0.1) is 11.3 Å². The van der Waals surface area contributed by atoms with Crippen molar-refractivity contribution in [2.24, 2.45) is 0 Å². The number of nitriles is 1. The molecule has 4 nitrogen and oxygen atoms in total. The summed E-state index contributed by atoms with van der Waals surface area (Å²) in [4.78, 5) is 14.1. The van der Waals surface area contributed by atoms with E-state index in [1.165, 1.54) is 0 Å². The molecular formula is C18H18ClN3O. The van der Waals surface area contributed by atoms with Crippen LogP contribution in [0.25, 0.3) is 0 Å². The summed E-state index contributed by atoms with van der Waals surface area (Å²) in [6, 6.07) is 16.7. The summed E-state index contributed by atoms with van der Waals surface area (Å²) in [6.45, 7) is 1.29. The highest BCUT2D eigenvalue weighted by Crippen LogP contribution is 2.17. The van der Waals surface area contributed by atoms with E-state index in [0.29, 0.717) is 30.8 Å². The van der Waals surface area contributed by atoms with Gasteiger partial charge in [0.25, 0.3) is 0 Å². The predicted octanol–water partition coefficient (Wildman–Crippen LogP) is 3.67. The molecule has 0 heterocycles. The zero-order valence-corrected chi connectivity index (χ0v) is 13.7. The van der Waals surface area contributed by atoms with Crippen LogP contribution in [-0.2, 0) is 11.3 Å². The zero-order valence-electron chi connectivity index (χ0n) is 12.9. The number of para-hydroxylation sites is 1. The molecule has 0 aliphatic carbocycles. The average Bonchev–Trinajstić information content (AvgIpc) is 2.55. The predicted molar refractivity (Wildman–Crippen MR) is 92.2 cm³/mol. The number of carbonyl (C=O) groups is 1. The van der Waals surface area contributed by atoms with E-state index in [4.69, 9.17) is 16.9 Å². The molecule has 1 N–H and O–H groups in total. The maximum absolute atomic E-state index is 12.0. The lowest BCUT2D eigenvalue weighted by Crippen LogP contribution is -2.24. The van der Waals surface area contributed by atoms with Crippen LogP contribution in [0.15, 0.2) is 48.5 Å². The standard InChI is InChI=1S/C18H18ClN3O/c1-22(13-15-7-2-4-8-16(15)19)11-10-18(23)21-17-9-5-3-6-14(17)12-20/h2-9H,10-11,13H2,1H3,(H,21,23). The zero-order chi connectivity index (χ0) is 16.7. The average molecular weight is 328 g/mol. The second kappa shape index (κ2) is 8.33. The topological polar surface area (TPSA) is 56.1 Å². The summed E-state index contributed by atoms with van der Waals surface area (Å²) in [7, 11) is 1.94. The van der Waals surface area contributed by atoms with Crippen LogP contribution in [0.4, 0.5) is 5.69 Å². The van der Waals surface area contributed by atoms with Gasteiger partial charge in [-0.2, -0.15) is 5.26 Å². The number of hydrogen-bond donors (Lipinski definition) is 1. The van der Waals surface area contributed by atoms with E-state index < -0.39 is 0 Å². The summed E-state index contributed by atoms with van der Waals surface area (Å²) < 4.78 is 0. The third-order valence-corrected chi connectivity index (χ3v) is 3.81. The van der Waals surface area contributed by atoms with Gasteiger partial charge in [0.15, 0.2) is 0 Å². The molecule has 0 aliphatic rings. The normalized spacial score (nSPS) is 10.3. The van der Waals surface area contributed by atoms with Gasteiger partial charge in [-0.15, -0.1) is 0 Å². The highest BCUT2D eigenvalue weighted by Gasteiger charge is 2.09. The second-order valence-corrected chi connectivity index (χ2v) is 5.69. The van der Waals surface area contributed by atoms with Crippen molar-refractivity contribution in [3.05, 3.63) is 64.7 Å². The highest BCUT2D eigenvalue weighted by molar-refractivity contribution is 6.31. The molecule has 0 saturated carbocycles. The van der Waals surface area contributed by atoms with Crippen molar-refractivity contribution in [3.63, 3.8) is 0 Å². The highest BCUT2D eigenvalue weighted by atomic mass is 35.5. The Bertz CT molecular complexity index is 724. The van der Waals surface area contributed by atoms with Crippen molar-refractivity contribution in [2.75, 3.05) is 18.9 Å². The van der Waals surface area contributed by atoms with Crippen molar-refractivity contribution in [2.45, 2.75) is 13.0 Å². The molecule has 0 radical (unpaired) electrons. The van der Waals surface area contributed by atoms with Gasteiger partial charge in [-0.1, -0.05) is 41.9 Å². The van der Waals surface area contributed by atoms with Crippen LogP contribution < -0.4 is 5.32 Å². The molecule has 0 saturated heterocycles. The van der Waals surface area contributed by atoms with E-state index in [1.807, 2.05) is 36.2 Å². The molecule has 0 fully saturated rings. The van der Waals surface area contributed by atoms with E-state index in [0.717, 1.165) is 10.6 Å². The Kier molecular flexibility index (Phi) is 6.16. The van der Waals surface area contributed by atoms with Crippen molar-refractivity contribution in [3.8, 4) is 6.07 Å². The fourth-order valence-corrected chi connectivity index (χ4v) is 2.39. The molecule has 2 aromatic rings. The van der Waals surface area contributed by atoms with Gasteiger partial charge in [-0.25, -0.2) is 0 Å². The van der Waals surface area contributed by atoms with Gasteiger partial charge < -0.3 is 10.2 Å². The monoisotopic (exact) mass is 327 g/mol. The van der Waals surface area contributed by atoms with E-state index >= 15 is 0 Å². The van der Waals surface area contributed by atoms with Crippen LogP contribution in [0.2, 0.25) is 5.02 Å². The summed E-state index contributed by atoms with van der Waals surface area (Å²) in [5.74, 6) is -0.112. The minimum absolute atomic E-state index is 0.112. The lowest BCUT2D eigenvalue weighted by atomic mass is 10.2. The van der Waals surface area contributed by atoms with Crippen LogP contribution >= 0.6 is 11.6 Å². The summed E-state index contributed by atoms with van der Waals surface area (Å²) in [6.07, 6.45) is 0.348. The molecule has 0 atom stereocenters. The first-order valence-electron chi connectivity index (χ1n) is 7.31. The number of amides is 1. The van der Waals surface area contributed by atoms with Gasteiger partial charge in [0.1, 0.15) is 6.07 Å². The molecule has 0 unspecified atom stereocenters. The molecule has 0 aromatic heterocycles. The van der Waals surface area contributed by atoms with E-state index in [9.17, 15) is 4.79 Å². The maximum Gasteiger partial charge on any atom is 0.225 e. The Morgan fingerprint density at radius 1 is 1.22 bits per heavy atom. The first-order chi connectivity index (χ1) is 11.1. The largest absolute Gasteiger partial charge is 0.325 e. The molecule has 0 aliphatic heterocycles. The molecule has 2 rings (SSSR count). The number of rotatable bonds is 6. The Labute approximate surface area is 141 Å². The minimum atomic E-state index is -0.112. The third-order valence-electron chi connectivity index (χ3n) is 3.44. The Balaban J connectivity index is 1.85. The minimum Gasteiger partial charge on any atom is -0.325 e. The van der Waals surface area contributed by atoms with E-state index in [1.54, 1.807) is 24.3 Å². The molecule has 5 heteroatoms.